The Balaban J connectivity index is 2.85. The van der Waals surface area contributed by atoms with E-state index < -0.39 is 0 Å². The second-order valence-corrected chi connectivity index (χ2v) is 0.955. The summed E-state index contributed by atoms with van der Waals surface area (Å²) < 4.78 is 10.9. The zero-order chi connectivity index (χ0) is 4.28. The third-order valence-electron chi connectivity index (χ3n) is 0.186. The maximum absolute atomic E-state index is 10.9. The van der Waals surface area contributed by atoms with Crippen molar-refractivity contribution >= 4 is 0 Å². The Labute approximate surface area is 31.3 Å². The van der Waals surface area contributed by atoms with E-state index in [0.29, 0.717) is 12.2 Å². The highest BCUT2D eigenvalue weighted by atomic mass is 19.1. The summed E-state index contributed by atoms with van der Waals surface area (Å²) in [4.78, 5) is 0. The van der Waals surface area contributed by atoms with Crippen molar-refractivity contribution in [1.29, 1.82) is 0 Å². The van der Waals surface area contributed by atoms with Crippen LogP contribution >= 0.6 is 0 Å². The van der Waals surface area contributed by atoms with Crippen LogP contribution in [0.4, 0.5) is 4.39 Å². The third kappa shape index (κ3) is 3.54. The summed E-state index contributed by atoms with van der Waals surface area (Å²) in [6, 6.07) is 0. The van der Waals surface area contributed by atoms with Crippen LogP contribution in [0.25, 0.3) is 0 Å². The first-order chi connectivity index (χ1) is 2.27. The predicted molar refractivity (Wildman–Crippen MR) is 20.2 cm³/mol. The van der Waals surface area contributed by atoms with Crippen molar-refractivity contribution < 1.29 is 4.39 Å². The highest BCUT2D eigenvalue weighted by Crippen LogP contribution is 1.90. The van der Waals surface area contributed by atoms with Gasteiger partial charge in [0.15, 0.2) is 0 Å². The largest absolute Gasteiger partial charge is 0.227 e. The van der Waals surface area contributed by atoms with Gasteiger partial charge < -0.3 is 0 Å². The molecule has 28 valence electrons. The summed E-state index contributed by atoms with van der Waals surface area (Å²) in [5.74, 6) is 0. The van der Waals surface area contributed by atoms with Gasteiger partial charge in [0.2, 0.25) is 6.67 Å². The van der Waals surface area contributed by atoms with E-state index in [2.05, 4.69) is 6.58 Å². The second-order valence-electron chi connectivity index (χ2n) is 0.955. The monoisotopic (exact) mass is 73.0 g/mol. The molecule has 0 atom stereocenters. The van der Waals surface area contributed by atoms with Crippen LogP contribution in [0.3, 0.4) is 0 Å². The van der Waals surface area contributed by atoms with E-state index >= 15 is 0 Å². The van der Waals surface area contributed by atoms with Crippen LogP contribution in [0.1, 0.15) is 6.92 Å². The van der Waals surface area contributed by atoms with Gasteiger partial charge in [0.25, 0.3) is 0 Å². The van der Waals surface area contributed by atoms with Gasteiger partial charge in [-0.15, -0.1) is 0 Å². The molecule has 0 aliphatic carbocycles. The molecule has 0 saturated heterocycles. The van der Waals surface area contributed by atoms with Crippen molar-refractivity contribution in [2.75, 3.05) is 0 Å². The van der Waals surface area contributed by atoms with Crippen molar-refractivity contribution in [3.63, 3.8) is 0 Å². The maximum atomic E-state index is 10.9. The Morgan fingerprint density at radius 3 is 2.20 bits per heavy atom. The van der Waals surface area contributed by atoms with Crippen LogP contribution < -0.4 is 0 Å². The molecule has 0 aromatic carbocycles. The maximum Gasteiger partial charge on any atom is 0.227 e. The molecule has 0 spiro atoms. The molecule has 0 radical (unpaired) electrons. The summed E-state index contributed by atoms with van der Waals surface area (Å²) in [6.45, 7) is 5.31. The van der Waals surface area contributed by atoms with Gasteiger partial charge in [-0.25, -0.2) is 0 Å². The van der Waals surface area contributed by atoms with Crippen LogP contribution in [-0.2, 0) is 0 Å². The van der Waals surface area contributed by atoms with Crippen molar-refractivity contribution in [3.8, 4) is 0 Å². The van der Waals surface area contributed by atoms with Crippen LogP contribution in [0, 0.1) is 6.67 Å². The Kier molecular flexibility index (Phi) is 1.65. The molecule has 1 heteroatoms. The molecule has 0 rings (SSSR count). The normalized spacial score (nSPS) is 6.80. The molecule has 0 bridgehead atoms. The first kappa shape index (κ1) is 4.54. The fraction of sp³-hybridized carbons (Fsp3) is 0.250. The molecular weight excluding hydrogens is 67.0 g/mol. The van der Waals surface area contributed by atoms with Gasteiger partial charge >= 0.3 is 0 Å². The minimum Gasteiger partial charge on any atom is -0.0972 e. The fourth-order valence-electron chi connectivity index (χ4n) is 0. The van der Waals surface area contributed by atoms with Gasteiger partial charge in [-0.05, 0) is 0 Å². The van der Waals surface area contributed by atoms with E-state index in [4.69, 9.17) is 0 Å². The molecule has 0 aliphatic heterocycles. The SMILES string of the molecule is C=C(C)[CH+]F. The highest BCUT2D eigenvalue weighted by molar-refractivity contribution is 4.96. The smallest absolute Gasteiger partial charge is 0.0972 e. The molecule has 0 saturated carbocycles. The summed E-state index contributed by atoms with van der Waals surface area (Å²) in [7, 11) is 0. The lowest BCUT2D eigenvalue weighted by Crippen LogP contribution is -1.58. The summed E-state index contributed by atoms with van der Waals surface area (Å²) in [5.41, 5.74) is 0.463. The molecule has 0 fully saturated rings. The Morgan fingerprint density at radius 1 is 2.00 bits per heavy atom. The van der Waals surface area contributed by atoms with Crippen molar-refractivity contribution in [2.45, 2.75) is 6.92 Å². The van der Waals surface area contributed by atoms with E-state index in [0.717, 1.165) is 0 Å². The average Bonchev–Trinajstić information content (AvgIpc) is 1.38. The second kappa shape index (κ2) is 1.82. The molecule has 0 N–H and O–H groups in total. The van der Waals surface area contributed by atoms with Crippen LogP contribution in [0.5, 0.6) is 0 Å². The lowest BCUT2D eigenvalue weighted by atomic mass is 10.4. The van der Waals surface area contributed by atoms with Crippen LogP contribution in [-0.4, -0.2) is 0 Å². The molecule has 0 heterocycles. The van der Waals surface area contributed by atoms with Crippen molar-refractivity contribution in [2.24, 2.45) is 0 Å². The van der Waals surface area contributed by atoms with E-state index in [1.165, 1.54) is 0 Å². The van der Waals surface area contributed by atoms with Crippen molar-refractivity contribution in [1.82, 2.24) is 0 Å². The van der Waals surface area contributed by atoms with Gasteiger partial charge in [-0.1, -0.05) is 4.39 Å². The molecule has 0 nitrogen and oxygen atoms in total. The first-order valence-electron chi connectivity index (χ1n) is 1.36. The Morgan fingerprint density at radius 2 is 2.20 bits per heavy atom. The molecule has 0 aliphatic rings. The van der Waals surface area contributed by atoms with E-state index in [1.807, 2.05) is 0 Å². The van der Waals surface area contributed by atoms with E-state index in [9.17, 15) is 4.39 Å². The van der Waals surface area contributed by atoms with Gasteiger partial charge in [0.1, 0.15) is 5.57 Å². The molecule has 0 aromatic heterocycles. The number of halogens is 1. The highest BCUT2D eigenvalue weighted by Gasteiger charge is 1.85. The molecule has 5 heavy (non-hydrogen) atoms. The fourth-order valence-corrected chi connectivity index (χ4v) is 0. The van der Waals surface area contributed by atoms with Gasteiger partial charge in [0, 0.05) is 13.5 Å². The van der Waals surface area contributed by atoms with Crippen LogP contribution in [0.2, 0.25) is 0 Å². The zero-order valence-corrected chi connectivity index (χ0v) is 3.16. The number of hydrogen-bond acceptors (Lipinski definition) is 0. The molecule has 0 unspecified atom stereocenters. The Hall–Kier alpha value is -0.460. The van der Waals surface area contributed by atoms with E-state index in [1.54, 1.807) is 6.92 Å². The third-order valence-corrected chi connectivity index (χ3v) is 0.186. The number of allylic oxidation sites excluding steroid dienone is 1. The quantitative estimate of drug-likeness (QED) is 0.414. The molecule has 0 aromatic rings. The van der Waals surface area contributed by atoms with Crippen molar-refractivity contribution in [3.05, 3.63) is 18.8 Å². The predicted octanol–water partition coefficient (Wildman–Crippen LogP) is 1.69. The molecular formula is C4H6F+. The van der Waals surface area contributed by atoms with Gasteiger partial charge in [-0.3, -0.25) is 0 Å². The average molecular weight is 73.1 g/mol. The summed E-state index contributed by atoms with van der Waals surface area (Å²) >= 11 is 0. The lowest BCUT2D eigenvalue weighted by Gasteiger charge is -1.62. The van der Waals surface area contributed by atoms with E-state index in [-0.39, 0.29) is 0 Å². The number of rotatable bonds is 1. The van der Waals surface area contributed by atoms with Crippen LogP contribution in [0.15, 0.2) is 12.2 Å². The lowest BCUT2D eigenvalue weighted by molar-refractivity contribution is 0.641. The first-order valence-corrected chi connectivity index (χ1v) is 1.36. The summed E-state index contributed by atoms with van der Waals surface area (Å²) in [5, 5.41) is 0. The minimum atomic E-state index is 0.463. The number of hydrogen-bond donors (Lipinski definition) is 0. The standard InChI is InChI=1S/C4H6F/c1-4(2)3-5/h3H,1H2,2H3/q+1. The summed E-state index contributed by atoms with van der Waals surface area (Å²) in [6.07, 6.45) is 0. The topological polar surface area (TPSA) is 0 Å². The molecule has 0 amide bonds. The minimum absolute atomic E-state index is 0.463. The van der Waals surface area contributed by atoms with Gasteiger partial charge in [-0.2, -0.15) is 0 Å². The zero-order valence-electron chi connectivity index (χ0n) is 3.16. The van der Waals surface area contributed by atoms with Gasteiger partial charge in [0.05, 0.1) is 0 Å². The Bertz CT molecular complexity index is 38.9.